The Kier molecular flexibility index (Phi) is 3.49. The molecule has 0 atom stereocenters. The molecular weight excluding hydrogens is 252 g/mol. The van der Waals surface area contributed by atoms with Gasteiger partial charge in [0.05, 0.1) is 18.7 Å². The summed E-state index contributed by atoms with van der Waals surface area (Å²) in [5.74, 6) is 1.82. The minimum absolute atomic E-state index is 0.159. The van der Waals surface area contributed by atoms with E-state index in [1.54, 1.807) is 7.11 Å². The van der Waals surface area contributed by atoms with E-state index in [9.17, 15) is 5.11 Å². The van der Waals surface area contributed by atoms with E-state index in [4.69, 9.17) is 9.72 Å². The van der Waals surface area contributed by atoms with E-state index >= 15 is 0 Å². The summed E-state index contributed by atoms with van der Waals surface area (Å²) in [7, 11) is 1.67. The van der Waals surface area contributed by atoms with Crippen LogP contribution in [0.4, 0.5) is 5.82 Å². The Morgan fingerprint density at radius 1 is 1.25 bits per heavy atom. The first-order valence-electron chi connectivity index (χ1n) is 7.06. The van der Waals surface area contributed by atoms with Gasteiger partial charge in [0, 0.05) is 24.5 Å². The molecule has 4 nitrogen and oxygen atoms in total. The molecule has 1 N–H and O–H groups in total. The van der Waals surface area contributed by atoms with Crippen LogP contribution in [-0.4, -0.2) is 36.4 Å². The molecule has 1 aliphatic rings. The maximum absolute atomic E-state index is 9.60. The van der Waals surface area contributed by atoms with Gasteiger partial charge in [-0.25, -0.2) is 4.98 Å². The van der Waals surface area contributed by atoms with Crippen molar-refractivity contribution in [3.8, 4) is 5.75 Å². The van der Waals surface area contributed by atoms with Crippen molar-refractivity contribution >= 4 is 16.7 Å². The lowest BCUT2D eigenvalue weighted by molar-refractivity contribution is 0.145. The first kappa shape index (κ1) is 13.2. The highest BCUT2D eigenvalue weighted by Crippen LogP contribution is 2.27. The van der Waals surface area contributed by atoms with Crippen LogP contribution in [-0.2, 0) is 0 Å². The molecule has 106 valence electrons. The highest BCUT2D eigenvalue weighted by atomic mass is 16.5. The van der Waals surface area contributed by atoms with Crippen molar-refractivity contribution in [2.75, 3.05) is 25.1 Å². The van der Waals surface area contributed by atoms with Crippen LogP contribution >= 0.6 is 0 Å². The summed E-state index contributed by atoms with van der Waals surface area (Å²) in [6.07, 6.45) is 1.47. The summed E-state index contributed by atoms with van der Waals surface area (Å²) < 4.78 is 5.27. The molecule has 2 heterocycles. The molecule has 1 saturated heterocycles. The number of aryl methyl sites for hydroxylation is 1. The molecular formula is C16H20N2O2. The summed E-state index contributed by atoms with van der Waals surface area (Å²) in [5, 5.41) is 10.8. The molecule has 1 fully saturated rings. The Balaban J connectivity index is 1.99. The molecule has 0 saturated carbocycles. The van der Waals surface area contributed by atoms with Crippen molar-refractivity contribution in [3.05, 3.63) is 29.8 Å². The van der Waals surface area contributed by atoms with E-state index in [0.29, 0.717) is 0 Å². The average molecular weight is 272 g/mol. The second-order valence-corrected chi connectivity index (χ2v) is 5.40. The third-order valence-electron chi connectivity index (χ3n) is 4.00. The average Bonchev–Trinajstić information content (AvgIpc) is 2.47. The van der Waals surface area contributed by atoms with Crippen LogP contribution in [0.5, 0.6) is 5.75 Å². The van der Waals surface area contributed by atoms with Crippen molar-refractivity contribution < 1.29 is 9.84 Å². The molecule has 0 aliphatic carbocycles. The van der Waals surface area contributed by atoms with Crippen LogP contribution in [0.2, 0.25) is 0 Å². The molecule has 0 amide bonds. The summed E-state index contributed by atoms with van der Waals surface area (Å²) in [4.78, 5) is 7.01. The van der Waals surface area contributed by atoms with Gasteiger partial charge >= 0.3 is 0 Å². The number of anilines is 1. The van der Waals surface area contributed by atoms with Crippen molar-refractivity contribution in [1.82, 2.24) is 4.98 Å². The molecule has 0 unspecified atom stereocenters. The first-order chi connectivity index (χ1) is 9.67. The Morgan fingerprint density at radius 3 is 2.70 bits per heavy atom. The van der Waals surface area contributed by atoms with Gasteiger partial charge in [-0.15, -0.1) is 0 Å². The summed E-state index contributed by atoms with van der Waals surface area (Å²) in [5.41, 5.74) is 2.18. The third kappa shape index (κ3) is 2.43. The fraction of sp³-hybridized carbons (Fsp3) is 0.438. The second-order valence-electron chi connectivity index (χ2n) is 5.40. The maximum Gasteiger partial charge on any atom is 0.129 e. The Bertz CT molecular complexity index is 619. The lowest BCUT2D eigenvalue weighted by Gasteiger charge is -2.31. The smallest absolute Gasteiger partial charge is 0.129 e. The molecule has 1 aromatic heterocycles. The number of hydrogen-bond donors (Lipinski definition) is 1. The largest absolute Gasteiger partial charge is 0.497 e. The molecule has 20 heavy (non-hydrogen) atoms. The van der Waals surface area contributed by atoms with Crippen molar-refractivity contribution in [2.24, 2.45) is 0 Å². The Labute approximate surface area is 119 Å². The second kappa shape index (κ2) is 5.29. The van der Waals surface area contributed by atoms with Gasteiger partial charge in [-0.1, -0.05) is 0 Å². The quantitative estimate of drug-likeness (QED) is 0.912. The standard InChI is InChI=1S/C16H20N2O2/c1-11-9-16(18-7-5-12(19)6-8-18)17-15-10-13(20-2)3-4-14(11)15/h3-4,9-10,12,19H,5-8H2,1-2H3. The van der Waals surface area contributed by atoms with Crippen LogP contribution in [0, 0.1) is 6.92 Å². The molecule has 2 aromatic rings. The number of nitrogens with zero attached hydrogens (tertiary/aromatic N) is 2. The molecule has 4 heteroatoms. The molecule has 0 radical (unpaired) electrons. The first-order valence-corrected chi connectivity index (χ1v) is 7.06. The van der Waals surface area contributed by atoms with Crippen molar-refractivity contribution in [3.63, 3.8) is 0 Å². The number of aromatic nitrogens is 1. The van der Waals surface area contributed by atoms with E-state index in [1.807, 2.05) is 12.1 Å². The Hall–Kier alpha value is -1.81. The lowest BCUT2D eigenvalue weighted by atomic mass is 10.1. The topological polar surface area (TPSA) is 45.6 Å². The lowest BCUT2D eigenvalue weighted by Crippen LogP contribution is -2.36. The highest BCUT2D eigenvalue weighted by Gasteiger charge is 2.18. The van der Waals surface area contributed by atoms with Gasteiger partial charge in [0.2, 0.25) is 0 Å². The minimum Gasteiger partial charge on any atom is -0.497 e. The summed E-state index contributed by atoms with van der Waals surface area (Å²) >= 11 is 0. The van der Waals surface area contributed by atoms with E-state index in [1.165, 1.54) is 5.56 Å². The van der Waals surface area contributed by atoms with Gasteiger partial charge in [-0.2, -0.15) is 0 Å². The fourth-order valence-corrected chi connectivity index (χ4v) is 2.75. The van der Waals surface area contributed by atoms with E-state index in [0.717, 1.165) is 48.4 Å². The molecule has 1 aliphatic heterocycles. The van der Waals surface area contributed by atoms with Gasteiger partial charge in [0.25, 0.3) is 0 Å². The van der Waals surface area contributed by atoms with Gasteiger partial charge in [-0.3, -0.25) is 0 Å². The summed E-state index contributed by atoms with van der Waals surface area (Å²) in [6, 6.07) is 8.13. The molecule has 3 rings (SSSR count). The van der Waals surface area contributed by atoms with Crippen LogP contribution in [0.15, 0.2) is 24.3 Å². The number of piperidine rings is 1. The van der Waals surface area contributed by atoms with Crippen LogP contribution in [0.3, 0.4) is 0 Å². The highest BCUT2D eigenvalue weighted by molar-refractivity contribution is 5.85. The number of hydrogen-bond acceptors (Lipinski definition) is 4. The molecule has 0 bridgehead atoms. The number of aliphatic hydroxyl groups is 1. The number of rotatable bonds is 2. The Morgan fingerprint density at radius 2 is 2.00 bits per heavy atom. The minimum atomic E-state index is -0.159. The summed E-state index contributed by atoms with van der Waals surface area (Å²) in [6.45, 7) is 3.84. The van der Waals surface area contributed by atoms with Gasteiger partial charge < -0.3 is 14.7 Å². The van der Waals surface area contributed by atoms with Crippen LogP contribution in [0.25, 0.3) is 10.9 Å². The zero-order valence-electron chi connectivity index (χ0n) is 12.0. The fourth-order valence-electron chi connectivity index (χ4n) is 2.75. The maximum atomic E-state index is 9.60. The zero-order valence-corrected chi connectivity index (χ0v) is 12.0. The zero-order chi connectivity index (χ0) is 14.1. The van der Waals surface area contributed by atoms with Gasteiger partial charge in [0.1, 0.15) is 11.6 Å². The van der Waals surface area contributed by atoms with Crippen molar-refractivity contribution in [2.45, 2.75) is 25.9 Å². The number of methoxy groups -OCH3 is 1. The van der Waals surface area contributed by atoms with Crippen LogP contribution < -0.4 is 9.64 Å². The number of aliphatic hydroxyl groups excluding tert-OH is 1. The van der Waals surface area contributed by atoms with E-state index in [2.05, 4.69) is 24.0 Å². The normalized spacial score (nSPS) is 16.6. The predicted octanol–water partition coefficient (Wildman–Crippen LogP) is 2.51. The monoisotopic (exact) mass is 272 g/mol. The number of fused-ring (bicyclic) bond motifs is 1. The SMILES string of the molecule is COc1ccc2c(C)cc(N3CCC(O)CC3)nc2c1. The van der Waals surface area contributed by atoms with E-state index < -0.39 is 0 Å². The van der Waals surface area contributed by atoms with E-state index in [-0.39, 0.29) is 6.10 Å². The molecule has 1 aromatic carbocycles. The number of pyridine rings is 1. The van der Waals surface area contributed by atoms with Crippen molar-refractivity contribution in [1.29, 1.82) is 0 Å². The predicted molar refractivity (Wildman–Crippen MR) is 80.5 cm³/mol. The molecule has 0 spiro atoms. The number of benzene rings is 1. The third-order valence-corrected chi connectivity index (χ3v) is 4.00. The van der Waals surface area contributed by atoms with Gasteiger partial charge in [-0.05, 0) is 43.5 Å². The van der Waals surface area contributed by atoms with Gasteiger partial charge in [0.15, 0.2) is 0 Å². The van der Waals surface area contributed by atoms with Crippen LogP contribution in [0.1, 0.15) is 18.4 Å². The number of ether oxygens (including phenoxy) is 1.